The number of anilines is 3. The van der Waals surface area contributed by atoms with Crippen molar-refractivity contribution >= 4 is 62.0 Å². The van der Waals surface area contributed by atoms with Crippen molar-refractivity contribution in [3.05, 3.63) is 139 Å². The van der Waals surface area contributed by atoms with E-state index in [0.717, 1.165) is 28.3 Å². The second-order valence-electron chi connectivity index (χ2n) is 10.7. The summed E-state index contributed by atoms with van der Waals surface area (Å²) < 4.78 is 17.7. The molecule has 0 fully saturated rings. The van der Waals surface area contributed by atoms with Crippen LogP contribution in [0.1, 0.15) is 0 Å². The molecule has 6 aromatic carbocycles. The van der Waals surface area contributed by atoms with Crippen molar-refractivity contribution in [2.24, 2.45) is 0 Å². The molecule has 1 aromatic heterocycles. The van der Waals surface area contributed by atoms with Crippen LogP contribution in [0.2, 0.25) is 0 Å². The molecule has 9 rings (SSSR count). The minimum atomic E-state index is -0.215. The number of aromatic nitrogens is 1. The first-order valence-electron chi connectivity index (χ1n) is 13.7. The van der Waals surface area contributed by atoms with Crippen LogP contribution in [0, 0.1) is 5.82 Å². The molecule has 0 atom stereocenters. The SMILES string of the molecule is Fc1ccccc1-c1cc2c3c(c1)-n1c4ccccc4c4cccc(c41)B3c1ccccc1N2c1ccccc1. The molecule has 0 unspecified atom stereocenters. The Balaban J connectivity index is 1.50. The van der Waals surface area contributed by atoms with E-state index in [-0.39, 0.29) is 12.5 Å². The topological polar surface area (TPSA) is 8.17 Å². The smallest absolute Gasteiger partial charge is 0.252 e. The molecule has 0 saturated carbocycles. The molecule has 0 aliphatic carbocycles. The van der Waals surface area contributed by atoms with Gasteiger partial charge in [-0.3, -0.25) is 0 Å². The van der Waals surface area contributed by atoms with Crippen LogP contribution in [-0.4, -0.2) is 11.3 Å². The van der Waals surface area contributed by atoms with Crippen LogP contribution in [0.25, 0.3) is 38.6 Å². The van der Waals surface area contributed by atoms with Gasteiger partial charge in [0.05, 0.1) is 5.52 Å². The Bertz CT molecular complexity index is 2150. The summed E-state index contributed by atoms with van der Waals surface area (Å²) in [6, 6.07) is 46.1. The molecule has 40 heavy (non-hydrogen) atoms. The van der Waals surface area contributed by atoms with E-state index < -0.39 is 0 Å². The first kappa shape index (κ1) is 21.8. The molecule has 2 aliphatic rings. The van der Waals surface area contributed by atoms with Crippen molar-refractivity contribution in [2.75, 3.05) is 4.90 Å². The Morgan fingerprint density at radius 2 is 1.25 bits per heavy atom. The summed E-state index contributed by atoms with van der Waals surface area (Å²) in [6.45, 7) is 0.0661. The summed E-state index contributed by atoms with van der Waals surface area (Å²) in [4.78, 5) is 2.35. The number of hydrogen-bond donors (Lipinski definition) is 0. The Morgan fingerprint density at radius 1 is 0.550 bits per heavy atom. The van der Waals surface area contributed by atoms with Gasteiger partial charge in [0.1, 0.15) is 5.82 Å². The average molecular weight is 512 g/mol. The third-order valence-electron chi connectivity index (χ3n) is 8.63. The molecule has 0 saturated heterocycles. The maximum atomic E-state index is 15.3. The monoisotopic (exact) mass is 512 g/mol. The summed E-state index contributed by atoms with van der Waals surface area (Å²) in [7, 11) is 0. The molecule has 0 N–H and O–H groups in total. The van der Waals surface area contributed by atoms with Crippen molar-refractivity contribution in [2.45, 2.75) is 0 Å². The molecule has 0 spiro atoms. The summed E-state index contributed by atoms with van der Waals surface area (Å²) in [5, 5.41) is 2.48. The van der Waals surface area contributed by atoms with Gasteiger partial charge >= 0.3 is 0 Å². The number of benzene rings is 6. The second-order valence-corrected chi connectivity index (χ2v) is 10.7. The lowest BCUT2D eigenvalue weighted by Crippen LogP contribution is -2.60. The van der Waals surface area contributed by atoms with Gasteiger partial charge < -0.3 is 9.47 Å². The maximum Gasteiger partial charge on any atom is 0.252 e. The highest BCUT2D eigenvalue weighted by molar-refractivity contribution is 7.00. The normalized spacial score (nSPS) is 13.0. The molecule has 3 heterocycles. The first-order chi connectivity index (χ1) is 19.8. The van der Waals surface area contributed by atoms with Crippen molar-refractivity contribution < 1.29 is 4.39 Å². The molecule has 0 radical (unpaired) electrons. The van der Waals surface area contributed by atoms with E-state index in [2.05, 4.69) is 113 Å². The van der Waals surface area contributed by atoms with Crippen molar-refractivity contribution in [1.29, 1.82) is 0 Å². The number of fused-ring (bicyclic) bond motifs is 7. The van der Waals surface area contributed by atoms with Crippen LogP contribution in [-0.2, 0) is 0 Å². The highest BCUT2D eigenvalue weighted by atomic mass is 19.1. The Kier molecular flexibility index (Phi) is 4.34. The van der Waals surface area contributed by atoms with Crippen molar-refractivity contribution in [1.82, 2.24) is 4.57 Å². The fourth-order valence-electron chi connectivity index (χ4n) is 7.07. The molecular weight excluding hydrogens is 490 g/mol. The Hall–Kier alpha value is -5.09. The van der Waals surface area contributed by atoms with Crippen LogP contribution in [0.3, 0.4) is 0 Å². The third kappa shape index (κ3) is 2.78. The van der Waals surface area contributed by atoms with Gasteiger partial charge in [0, 0.05) is 44.6 Å². The zero-order valence-electron chi connectivity index (χ0n) is 21.6. The fraction of sp³-hybridized carbons (Fsp3) is 0. The van der Waals surface area contributed by atoms with E-state index in [1.165, 1.54) is 38.2 Å². The first-order valence-corrected chi connectivity index (χ1v) is 13.7. The van der Waals surface area contributed by atoms with Gasteiger partial charge in [-0.05, 0) is 64.4 Å². The standard InChI is InChI=1S/C36H22BFN2/c38-30-18-7-4-13-25(30)23-21-33-35-34(22-23)40-31-19-8-5-14-26(31)27-15-10-17-29(36(27)40)37(35)28-16-6-9-20-32(28)39(33)24-11-2-1-3-12-24/h1-22H. The van der Waals surface area contributed by atoms with Crippen LogP contribution in [0.15, 0.2) is 133 Å². The summed E-state index contributed by atoms with van der Waals surface area (Å²) in [6.07, 6.45) is 0. The molecule has 4 heteroatoms. The largest absolute Gasteiger partial charge is 0.311 e. The fourth-order valence-corrected chi connectivity index (χ4v) is 7.07. The van der Waals surface area contributed by atoms with E-state index >= 15 is 4.39 Å². The Morgan fingerprint density at radius 3 is 2.15 bits per heavy atom. The van der Waals surface area contributed by atoms with Crippen molar-refractivity contribution in [3.8, 4) is 16.8 Å². The lowest BCUT2D eigenvalue weighted by atomic mass is 9.33. The molecule has 0 amide bonds. The van der Waals surface area contributed by atoms with E-state index in [0.29, 0.717) is 5.56 Å². The quantitative estimate of drug-likeness (QED) is 0.223. The zero-order chi connectivity index (χ0) is 26.4. The predicted molar refractivity (Wildman–Crippen MR) is 166 cm³/mol. The third-order valence-corrected chi connectivity index (χ3v) is 8.63. The van der Waals surface area contributed by atoms with Gasteiger partial charge in [-0.2, -0.15) is 0 Å². The van der Waals surface area contributed by atoms with Crippen LogP contribution in [0.4, 0.5) is 21.5 Å². The highest BCUT2D eigenvalue weighted by Crippen LogP contribution is 2.43. The number of rotatable bonds is 2. The average Bonchev–Trinajstić information content (AvgIpc) is 3.35. The number of para-hydroxylation sites is 4. The van der Waals surface area contributed by atoms with Gasteiger partial charge in [0.2, 0.25) is 0 Å². The van der Waals surface area contributed by atoms with Crippen LogP contribution in [0.5, 0.6) is 0 Å². The zero-order valence-corrected chi connectivity index (χ0v) is 21.6. The summed E-state index contributed by atoms with van der Waals surface area (Å²) in [5.74, 6) is -0.215. The van der Waals surface area contributed by atoms with Gasteiger partial charge in [0.15, 0.2) is 0 Å². The van der Waals surface area contributed by atoms with E-state index in [4.69, 9.17) is 0 Å². The van der Waals surface area contributed by atoms with E-state index in [1.807, 2.05) is 18.2 Å². The molecule has 2 nitrogen and oxygen atoms in total. The highest BCUT2D eigenvalue weighted by Gasteiger charge is 2.42. The second kappa shape index (κ2) is 7.97. The van der Waals surface area contributed by atoms with Crippen molar-refractivity contribution in [3.63, 3.8) is 0 Å². The van der Waals surface area contributed by atoms with Crippen LogP contribution >= 0.6 is 0 Å². The molecular formula is C36H22BFN2. The van der Waals surface area contributed by atoms with Crippen LogP contribution < -0.4 is 21.3 Å². The number of hydrogen-bond acceptors (Lipinski definition) is 1. The van der Waals surface area contributed by atoms with Gasteiger partial charge in [-0.15, -0.1) is 0 Å². The molecule has 7 aromatic rings. The summed E-state index contributed by atoms with van der Waals surface area (Å²) in [5.41, 5.74) is 12.2. The Labute approximate surface area is 231 Å². The van der Waals surface area contributed by atoms with Gasteiger partial charge in [-0.1, -0.05) is 91.0 Å². The van der Waals surface area contributed by atoms with Gasteiger partial charge in [0.25, 0.3) is 6.71 Å². The molecule has 186 valence electrons. The molecule has 0 bridgehead atoms. The maximum absolute atomic E-state index is 15.3. The number of nitrogens with zero attached hydrogens (tertiary/aromatic N) is 2. The minimum Gasteiger partial charge on any atom is -0.311 e. The lowest BCUT2D eigenvalue weighted by molar-refractivity contribution is 0.631. The minimum absolute atomic E-state index is 0.0661. The lowest BCUT2D eigenvalue weighted by Gasteiger charge is -2.40. The van der Waals surface area contributed by atoms with E-state index in [9.17, 15) is 0 Å². The van der Waals surface area contributed by atoms with E-state index in [1.54, 1.807) is 12.1 Å². The predicted octanol–water partition coefficient (Wildman–Crippen LogP) is 7.20. The van der Waals surface area contributed by atoms with Gasteiger partial charge in [-0.25, -0.2) is 4.39 Å². The number of halogens is 1. The summed E-state index contributed by atoms with van der Waals surface area (Å²) >= 11 is 0. The molecule has 2 aliphatic heterocycles.